The molecule has 0 spiro atoms. The highest BCUT2D eigenvalue weighted by atomic mass is 16.2. The summed E-state index contributed by atoms with van der Waals surface area (Å²) in [6.07, 6.45) is 1.57. The van der Waals surface area contributed by atoms with Crippen molar-refractivity contribution in [3.8, 4) is 0 Å². The van der Waals surface area contributed by atoms with Gasteiger partial charge in [-0.25, -0.2) is 0 Å². The van der Waals surface area contributed by atoms with Crippen LogP contribution in [0.15, 0.2) is 54.7 Å². The molecule has 3 N–H and O–H groups in total. The molecule has 0 bridgehead atoms. The first-order valence-electron chi connectivity index (χ1n) is 7.73. The van der Waals surface area contributed by atoms with Crippen molar-refractivity contribution < 1.29 is 9.59 Å². The summed E-state index contributed by atoms with van der Waals surface area (Å²) in [5.41, 5.74) is 3.01. The van der Waals surface area contributed by atoms with Gasteiger partial charge in [-0.15, -0.1) is 0 Å². The molecule has 2 amide bonds. The van der Waals surface area contributed by atoms with Crippen molar-refractivity contribution in [3.05, 3.63) is 77.4 Å². The number of pyridine rings is 1. The fourth-order valence-electron chi connectivity index (χ4n) is 2.26. The second kappa shape index (κ2) is 7.39. The van der Waals surface area contributed by atoms with E-state index in [1.807, 2.05) is 19.1 Å². The summed E-state index contributed by atoms with van der Waals surface area (Å²) in [7, 11) is 0. The molecule has 0 saturated carbocycles. The molecule has 7 heteroatoms. The molecule has 0 unspecified atom stereocenters. The van der Waals surface area contributed by atoms with Gasteiger partial charge >= 0.3 is 0 Å². The van der Waals surface area contributed by atoms with E-state index in [0.717, 1.165) is 11.3 Å². The molecule has 0 atom stereocenters. The number of carbonyl (C=O) groups is 2. The van der Waals surface area contributed by atoms with E-state index >= 15 is 0 Å². The van der Waals surface area contributed by atoms with Crippen molar-refractivity contribution in [1.29, 1.82) is 0 Å². The summed E-state index contributed by atoms with van der Waals surface area (Å²) in [4.78, 5) is 28.1. The molecule has 3 rings (SSSR count). The van der Waals surface area contributed by atoms with E-state index in [0.29, 0.717) is 23.6 Å². The number of anilines is 1. The van der Waals surface area contributed by atoms with Crippen LogP contribution in [-0.2, 0) is 6.54 Å². The van der Waals surface area contributed by atoms with Crippen LogP contribution >= 0.6 is 0 Å². The number of H-pyrrole nitrogens is 1. The molecule has 25 heavy (non-hydrogen) atoms. The van der Waals surface area contributed by atoms with Gasteiger partial charge in [-0.05, 0) is 42.8 Å². The van der Waals surface area contributed by atoms with Crippen LogP contribution in [0.2, 0.25) is 0 Å². The zero-order valence-corrected chi connectivity index (χ0v) is 13.6. The second-order valence-corrected chi connectivity index (χ2v) is 5.49. The zero-order chi connectivity index (χ0) is 17.6. The van der Waals surface area contributed by atoms with E-state index in [9.17, 15) is 9.59 Å². The van der Waals surface area contributed by atoms with Crippen LogP contribution in [0.4, 0.5) is 5.69 Å². The van der Waals surface area contributed by atoms with E-state index in [4.69, 9.17) is 0 Å². The third-order valence-corrected chi connectivity index (χ3v) is 3.47. The normalized spacial score (nSPS) is 10.3. The van der Waals surface area contributed by atoms with Crippen molar-refractivity contribution in [2.24, 2.45) is 0 Å². The Morgan fingerprint density at radius 2 is 1.92 bits per heavy atom. The Balaban J connectivity index is 1.61. The monoisotopic (exact) mass is 335 g/mol. The molecule has 0 aliphatic rings. The molecule has 0 aliphatic carbocycles. The van der Waals surface area contributed by atoms with Gasteiger partial charge < -0.3 is 10.6 Å². The summed E-state index contributed by atoms with van der Waals surface area (Å²) in [5, 5.41) is 12.2. The fraction of sp³-hybridized carbons (Fsp3) is 0.111. The fourth-order valence-corrected chi connectivity index (χ4v) is 2.26. The number of aryl methyl sites for hydroxylation is 1. The average molecular weight is 335 g/mol. The number of aromatic amines is 1. The smallest absolute Gasteiger partial charge is 0.274 e. The summed E-state index contributed by atoms with van der Waals surface area (Å²) in [6.45, 7) is 2.16. The predicted octanol–water partition coefficient (Wildman–Crippen LogP) is 2.30. The summed E-state index contributed by atoms with van der Waals surface area (Å²) in [6, 6.07) is 14.1. The van der Waals surface area contributed by atoms with Gasteiger partial charge in [0.1, 0.15) is 11.4 Å². The van der Waals surface area contributed by atoms with Gasteiger partial charge in [0.15, 0.2) is 0 Å². The maximum Gasteiger partial charge on any atom is 0.274 e. The molecular formula is C18H17N5O2. The highest BCUT2D eigenvalue weighted by molar-refractivity contribution is 6.02. The number of aromatic nitrogens is 3. The van der Waals surface area contributed by atoms with Gasteiger partial charge in [-0.1, -0.05) is 18.2 Å². The molecule has 0 radical (unpaired) electrons. The predicted molar refractivity (Wildman–Crippen MR) is 93.1 cm³/mol. The zero-order valence-electron chi connectivity index (χ0n) is 13.6. The Morgan fingerprint density at radius 3 is 2.64 bits per heavy atom. The van der Waals surface area contributed by atoms with E-state index in [1.54, 1.807) is 42.6 Å². The maximum absolute atomic E-state index is 12.1. The first-order chi connectivity index (χ1) is 12.1. The van der Waals surface area contributed by atoms with E-state index in [-0.39, 0.29) is 11.8 Å². The van der Waals surface area contributed by atoms with E-state index < -0.39 is 0 Å². The van der Waals surface area contributed by atoms with Crippen LogP contribution in [-0.4, -0.2) is 27.0 Å². The van der Waals surface area contributed by atoms with Gasteiger partial charge in [0.05, 0.1) is 0 Å². The lowest BCUT2D eigenvalue weighted by Crippen LogP contribution is -2.23. The van der Waals surface area contributed by atoms with Gasteiger partial charge in [-0.3, -0.25) is 19.7 Å². The Labute approximate surface area is 144 Å². The first kappa shape index (κ1) is 16.4. The molecule has 126 valence electrons. The first-order valence-corrected chi connectivity index (χ1v) is 7.73. The van der Waals surface area contributed by atoms with E-state index in [1.165, 1.54) is 0 Å². The Hall–Kier alpha value is -3.48. The lowest BCUT2D eigenvalue weighted by Gasteiger charge is -2.08. The number of nitrogens with one attached hydrogen (secondary N) is 3. The maximum atomic E-state index is 12.1. The minimum Gasteiger partial charge on any atom is -0.347 e. The number of amides is 2. The highest BCUT2D eigenvalue weighted by Gasteiger charge is 2.10. The number of carbonyl (C=O) groups excluding carboxylic acids is 2. The minimum atomic E-state index is -0.284. The molecule has 1 aromatic carbocycles. The van der Waals surface area contributed by atoms with Crippen molar-refractivity contribution >= 4 is 17.5 Å². The Bertz CT molecular complexity index is 889. The lowest BCUT2D eigenvalue weighted by atomic mass is 10.2. The number of hydrogen-bond acceptors (Lipinski definition) is 4. The number of nitrogens with zero attached hydrogens (tertiary/aromatic N) is 2. The van der Waals surface area contributed by atoms with Crippen molar-refractivity contribution in [2.75, 3.05) is 5.32 Å². The van der Waals surface area contributed by atoms with Gasteiger partial charge in [0, 0.05) is 24.1 Å². The molecule has 7 nitrogen and oxygen atoms in total. The average Bonchev–Trinajstić information content (AvgIpc) is 3.07. The number of hydrogen-bond donors (Lipinski definition) is 3. The molecule has 0 saturated heterocycles. The van der Waals surface area contributed by atoms with Crippen molar-refractivity contribution in [3.63, 3.8) is 0 Å². The van der Waals surface area contributed by atoms with Crippen LogP contribution < -0.4 is 10.6 Å². The summed E-state index contributed by atoms with van der Waals surface area (Å²) in [5.74, 6) is -0.541. The van der Waals surface area contributed by atoms with Crippen molar-refractivity contribution in [1.82, 2.24) is 20.5 Å². The van der Waals surface area contributed by atoms with Crippen LogP contribution in [0.5, 0.6) is 0 Å². The third kappa shape index (κ3) is 4.29. The van der Waals surface area contributed by atoms with Gasteiger partial charge in [0.2, 0.25) is 0 Å². The standard InChI is InChI=1S/C18H17N5O2/c1-12-9-16(23-22-12)17(24)20-11-13-5-4-6-14(10-13)21-18(25)15-7-2-3-8-19-15/h2-10H,11H2,1H3,(H,20,24)(H,21,25)(H,22,23). The van der Waals surface area contributed by atoms with Crippen LogP contribution in [0.3, 0.4) is 0 Å². The number of rotatable bonds is 5. The third-order valence-electron chi connectivity index (χ3n) is 3.47. The molecule has 3 aromatic rings. The highest BCUT2D eigenvalue weighted by Crippen LogP contribution is 2.12. The van der Waals surface area contributed by atoms with Gasteiger partial charge in [0.25, 0.3) is 11.8 Å². The van der Waals surface area contributed by atoms with Crippen LogP contribution in [0, 0.1) is 6.92 Å². The second-order valence-electron chi connectivity index (χ2n) is 5.49. The SMILES string of the molecule is Cc1cc(C(=O)NCc2cccc(NC(=O)c3ccccn3)c2)n[nH]1. The van der Waals surface area contributed by atoms with Crippen LogP contribution in [0.1, 0.15) is 32.2 Å². The number of benzene rings is 1. The lowest BCUT2D eigenvalue weighted by molar-refractivity contribution is 0.0945. The molecule has 0 fully saturated rings. The van der Waals surface area contributed by atoms with Crippen LogP contribution in [0.25, 0.3) is 0 Å². The topological polar surface area (TPSA) is 99.8 Å². The van der Waals surface area contributed by atoms with Gasteiger partial charge in [-0.2, -0.15) is 5.10 Å². The molecule has 2 heterocycles. The minimum absolute atomic E-state index is 0.257. The summed E-state index contributed by atoms with van der Waals surface area (Å²) < 4.78 is 0. The Kier molecular flexibility index (Phi) is 4.84. The largest absolute Gasteiger partial charge is 0.347 e. The molecular weight excluding hydrogens is 318 g/mol. The summed E-state index contributed by atoms with van der Waals surface area (Å²) >= 11 is 0. The quantitative estimate of drug-likeness (QED) is 0.666. The Morgan fingerprint density at radius 1 is 1.04 bits per heavy atom. The molecule has 0 aliphatic heterocycles. The molecule has 2 aromatic heterocycles. The van der Waals surface area contributed by atoms with Crippen molar-refractivity contribution in [2.45, 2.75) is 13.5 Å². The van der Waals surface area contributed by atoms with E-state index in [2.05, 4.69) is 25.8 Å².